The quantitative estimate of drug-likeness (QED) is 0.577. The maximum absolute atomic E-state index is 11.2. The summed E-state index contributed by atoms with van der Waals surface area (Å²) in [5.41, 5.74) is 0.0735. The molecule has 0 amide bonds. The Hall–Kier alpha value is -1.65. The highest BCUT2D eigenvalue weighted by atomic mass is 16.5. The van der Waals surface area contributed by atoms with Gasteiger partial charge in [0.1, 0.15) is 0 Å². The van der Waals surface area contributed by atoms with E-state index in [4.69, 9.17) is 0 Å². The molecular formula is C9H10O5. The van der Waals surface area contributed by atoms with Crippen molar-refractivity contribution in [2.75, 3.05) is 14.2 Å². The third-order valence-corrected chi connectivity index (χ3v) is 2.00. The molecule has 0 aromatic carbocycles. The van der Waals surface area contributed by atoms with E-state index in [-0.39, 0.29) is 17.8 Å². The molecule has 1 unspecified atom stereocenters. The molecule has 5 nitrogen and oxygen atoms in total. The molecule has 0 heterocycles. The zero-order chi connectivity index (χ0) is 10.7. The van der Waals surface area contributed by atoms with Gasteiger partial charge in [-0.1, -0.05) is 0 Å². The van der Waals surface area contributed by atoms with Crippen LogP contribution in [0.25, 0.3) is 0 Å². The number of rotatable bonds is 2. The highest BCUT2D eigenvalue weighted by Gasteiger charge is 2.36. The summed E-state index contributed by atoms with van der Waals surface area (Å²) >= 11 is 0. The second-order valence-electron chi connectivity index (χ2n) is 2.84. The van der Waals surface area contributed by atoms with Gasteiger partial charge in [-0.05, 0) is 6.08 Å². The summed E-state index contributed by atoms with van der Waals surface area (Å²) in [4.78, 5) is 33.3. The number of ketones is 1. The van der Waals surface area contributed by atoms with Gasteiger partial charge in [-0.2, -0.15) is 0 Å². The molecule has 0 saturated carbocycles. The number of methoxy groups -OCH3 is 2. The molecular weight excluding hydrogens is 188 g/mol. The molecule has 0 saturated heterocycles. The average Bonchev–Trinajstić information content (AvgIpc) is 2.58. The highest BCUT2D eigenvalue weighted by Crippen LogP contribution is 2.25. The standard InChI is InChI=1S/C9H10O5/c1-13-8(11)6-3-5(10)4-7(6)9(12)14-2/h3,7H,4H2,1-2H3. The third kappa shape index (κ3) is 1.81. The van der Waals surface area contributed by atoms with Gasteiger partial charge in [0, 0.05) is 6.42 Å². The molecule has 76 valence electrons. The predicted molar refractivity (Wildman–Crippen MR) is 45.2 cm³/mol. The monoisotopic (exact) mass is 198 g/mol. The van der Waals surface area contributed by atoms with Crippen LogP contribution in [-0.2, 0) is 23.9 Å². The summed E-state index contributed by atoms with van der Waals surface area (Å²) < 4.78 is 8.91. The molecule has 1 aliphatic rings. The molecule has 0 aromatic heterocycles. The normalized spacial score (nSPS) is 20.3. The first kappa shape index (κ1) is 10.4. The number of carbonyl (C=O) groups excluding carboxylic acids is 3. The summed E-state index contributed by atoms with van der Waals surface area (Å²) in [6, 6.07) is 0. The van der Waals surface area contributed by atoms with Gasteiger partial charge in [0.2, 0.25) is 0 Å². The molecule has 0 spiro atoms. The molecule has 0 aliphatic heterocycles. The molecule has 1 atom stereocenters. The van der Waals surface area contributed by atoms with Crippen LogP contribution in [-0.4, -0.2) is 31.9 Å². The first-order valence-electron chi connectivity index (χ1n) is 4.00. The van der Waals surface area contributed by atoms with Crippen molar-refractivity contribution in [1.82, 2.24) is 0 Å². The van der Waals surface area contributed by atoms with Crippen molar-refractivity contribution in [3.8, 4) is 0 Å². The Morgan fingerprint density at radius 1 is 1.36 bits per heavy atom. The van der Waals surface area contributed by atoms with Crippen LogP contribution in [0.5, 0.6) is 0 Å². The number of hydrogen-bond donors (Lipinski definition) is 0. The molecule has 5 heteroatoms. The minimum atomic E-state index is -0.806. The van der Waals surface area contributed by atoms with E-state index >= 15 is 0 Å². The van der Waals surface area contributed by atoms with E-state index in [1.54, 1.807) is 0 Å². The molecule has 0 fully saturated rings. The average molecular weight is 198 g/mol. The maximum atomic E-state index is 11.2. The largest absolute Gasteiger partial charge is 0.469 e. The van der Waals surface area contributed by atoms with Crippen LogP contribution < -0.4 is 0 Å². The lowest BCUT2D eigenvalue weighted by atomic mass is 10.0. The fourth-order valence-electron chi connectivity index (χ4n) is 1.32. The zero-order valence-electron chi connectivity index (χ0n) is 7.90. The van der Waals surface area contributed by atoms with Crippen LogP contribution in [0.3, 0.4) is 0 Å². The molecule has 0 radical (unpaired) electrons. The molecule has 0 aromatic rings. The topological polar surface area (TPSA) is 69.7 Å². The second-order valence-corrected chi connectivity index (χ2v) is 2.84. The number of esters is 2. The van der Waals surface area contributed by atoms with Gasteiger partial charge in [-0.3, -0.25) is 9.59 Å². The van der Waals surface area contributed by atoms with Crippen molar-refractivity contribution in [3.05, 3.63) is 11.6 Å². The summed E-state index contributed by atoms with van der Waals surface area (Å²) in [5, 5.41) is 0. The third-order valence-electron chi connectivity index (χ3n) is 2.00. The van der Waals surface area contributed by atoms with Crippen LogP contribution in [0.15, 0.2) is 11.6 Å². The Kier molecular flexibility index (Phi) is 3.01. The SMILES string of the molecule is COC(=O)C1=CC(=O)CC1C(=O)OC. The summed E-state index contributed by atoms with van der Waals surface area (Å²) in [6.07, 6.45) is 1.12. The van der Waals surface area contributed by atoms with Gasteiger partial charge in [-0.25, -0.2) is 4.79 Å². The Morgan fingerprint density at radius 2 is 2.00 bits per heavy atom. The van der Waals surface area contributed by atoms with Crippen molar-refractivity contribution >= 4 is 17.7 Å². The van der Waals surface area contributed by atoms with Crippen molar-refractivity contribution in [3.63, 3.8) is 0 Å². The minimum absolute atomic E-state index is 0.0168. The van der Waals surface area contributed by atoms with Crippen LogP contribution >= 0.6 is 0 Å². The van der Waals surface area contributed by atoms with Gasteiger partial charge in [0.15, 0.2) is 5.78 Å². The van der Waals surface area contributed by atoms with E-state index in [9.17, 15) is 14.4 Å². The second kappa shape index (κ2) is 4.04. The Labute approximate surface area is 80.7 Å². The minimum Gasteiger partial charge on any atom is -0.469 e. The molecule has 1 aliphatic carbocycles. The molecule has 0 bridgehead atoms. The first-order valence-corrected chi connectivity index (χ1v) is 4.00. The van der Waals surface area contributed by atoms with Crippen LogP contribution in [0, 0.1) is 5.92 Å². The Balaban J connectivity index is 2.89. The van der Waals surface area contributed by atoms with E-state index in [1.807, 2.05) is 0 Å². The molecule has 0 N–H and O–H groups in total. The molecule has 1 rings (SSSR count). The fraction of sp³-hybridized carbons (Fsp3) is 0.444. The lowest BCUT2D eigenvalue weighted by Crippen LogP contribution is -2.21. The number of allylic oxidation sites excluding steroid dienone is 1. The van der Waals surface area contributed by atoms with E-state index in [2.05, 4.69) is 9.47 Å². The lowest BCUT2D eigenvalue weighted by molar-refractivity contribution is -0.147. The van der Waals surface area contributed by atoms with Crippen molar-refractivity contribution in [2.45, 2.75) is 6.42 Å². The van der Waals surface area contributed by atoms with Crippen molar-refractivity contribution in [1.29, 1.82) is 0 Å². The van der Waals surface area contributed by atoms with Gasteiger partial charge in [0.25, 0.3) is 0 Å². The number of hydrogen-bond acceptors (Lipinski definition) is 5. The van der Waals surface area contributed by atoms with Gasteiger partial charge >= 0.3 is 11.9 Å². The summed E-state index contributed by atoms with van der Waals surface area (Å²) in [6.45, 7) is 0. The van der Waals surface area contributed by atoms with Gasteiger partial charge in [0.05, 0.1) is 25.7 Å². The maximum Gasteiger partial charge on any atom is 0.334 e. The van der Waals surface area contributed by atoms with Gasteiger partial charge < -0.3 is 9.47 Å². The Bertz CT molecular complexity index is 315. The fourth-order valence-corrected chi connectivity index (χ4v) is 1.32. The Morgan fingerprint density at radius 3 is 2.50 bits per heavy atom. The predicted octanol–water partition coefficient (Wildman–Crippen LogP) is -0.152. The summed E-state index contributed by atoms with van der Waals surface area (Å²) in [5.74, 6) is -2.32. The van der Waals surface area contributed by atoms with Crippen molar-refractivity contribution < 1.29 is 23.9 Å². The van der Waals surface area contributed by atoms with E-state index in [0.717, 1.165) is 6.08 Å². The van der Waals surface area contributed by atoms with Crippen LogP contribution in [0.1, 0.15) is 6.42 Å². The van der Waals surface area contributed by atoms with E-state index in [0.29, 0.717) is 0 Å². The first-order chi connectivity index (χ1) is 6.60. The molecule has 14 heavy (non-hydrogen) atoms. The number of carbonyl (C=O) groups is 3. The zero-order valence-corrected chi connectivity index (χ0v) is 7.90. The van der Waals surface area contributed by atoms with Gasteiger partial charge in [-0.15, -0.1) is 0 Å². The van der Waals surface area contributed by atoms with Crippen LogP contribution in [0.2, 0.25) is 0 Å². The highest BCUT2D eigenvalue weighted by molar-refractivity contribution is 6.08. The summed E-state index contributed by atoms with van der Waals surface area (Å²) in [7, 11) is 2.40. The van der Waals surface area contributed by atoms with Crippen LogP contribution in [0.4, 0.5) is 0 Å². The van der Waals surface area contributed by atoms with E-state index < -0.39 is 17.9 Å². The number of ether oxygens (including phenoxy) is 2. The lowest BCUT2D eigenvalue weighted by Gasteiger charge is -2.09. The van der Waals surface area contributed by atoms with Crippen molar-refractivity contribution in [2.24, 2.45) is 5.92 Å². The smallest absolute Gasteiger partial charge is 0.334 e. The van der Waals surface area contributed by atoms with E-state index in [1.165, 1.54) is 14.2 Å².